The number of carbonyl (C=O) groups excluding carboxylic acids is 2. The summed E-state index contributed by atoms with van der Waals surface area (Å²) in [5.74, 6) is 2.88. The van der Waals surface area contributed by atoms with Crippen LogP contribution < -0.4 is 5.32 Å². The Morgan fingerprint density at radius 2 is 1.50 bits per heavy atom. The van der Waals surface area contributed by atoms with E-state index in [1.54, 1.807) is 0 Å². The number of hydrogen-bond donors (Lipinski definition) is 1. The van der Waals surface area contributed by atoms with Crippen LogP contribution >= 0.6 is 0 Å². The van der Waals surface area contributed by atoms with Crippen molar-refractivity contribution in [1.82, 2.24) is 4.90 Å². The fourth-order valence-electron chi connectivity index (χ4n) is 6.78. The van der Waals surface area contributed by atoms with E-state index >= 15 is 0 Å². The summed E-state index contributed by atoms with van der Waals surface area (Å²) in [7, 11) is 0. The monoisotopic (exact) mass is 380 g/mol. The maximum absolute atomic E-state index is 13.2. The zero-order chi connectivity index (χ0) is 19.1. The van der Waals surface area contributed by atoms with Crippen LogP contribution in [0.15, 0.2) is 24.3 Å². The lowest BCUT2D eigenvalue weighted by Crippen LogP contribution is -2.51. The first-order chi connectivity index (χ1) is 13.6. The number of anilines is 1. The van der Waals surface area contributed by atoms with Crippen LogP contribution in [0.4, 0.5) is 5.69 Å². The smallest absolute Gasteiger partial charge is 0.230 e. The average Bonchev–Trinajstić information content (AvgIpc) is 3.21. The van der Waals surface area contributed by atoms with Crippen molar-refractivity contribution in [2.24, 2.45) is 23.2 Å². The van der Waals surface area contributed by atoms with Crippen molar-refractivity contribution in [3.8, 4) is 0 Å². The van der Waals surface area contributed by atoms with Crippen LogP contribution in [-0.2, 0) is 16.0 Å². The summed E-state index contributed by atoms with van der Waals surface area (Å²) in [6.07, 6.45) is 11.0. The van der Waals surface area contributed by atoms with Gasteiger partial charge >= 0.3 is 0 Å². The van der Waals surface area contributed by atoms with Gasteiger partial charge < -0.3 is 10.2 Å². The van der Waals surface area contributed by atoms with Gasteiger partial charge in [-0.25, -0.2) is 0 Å². The van der Waals surface area contributed by atoms with Crippen molar-refractivity contribution in [2.75, 3.05) is 18.4 Å². The van der Waals surface area contributed by atoms with Gasteiger partial charge in [-0.3, -0.25) is 9.59 Å². The Bertz CT molecular complexity index is 713. The molecule has 1 N–H and O–H groups in total. The predicted octanol–water partition coefficient (Wildman–Crippen LogP) is 4.40. The fourth-order valence-corrected chi connectivity index (χ4v) is 6.78. The first-order valence-electron chi connectivity index (χ1n) is 11.3. The highest BCUT2D eigenvalue weighted by atomic mass is 16.2. The Morgan fingerprint density at radius 3 is 2.07 bits per heavy atom. The molecular weight excluding hydrogens is 348 g/mol. The summed E-state index contributed by atoms with van der Waals surface area (Å²) in [6.45, 7) is 1.85. The largest absolute Gasteiger partial charge is 0.343 e. The van der Waals surface area contributed by atoms with Gasteiger partial charge in [0.1, 0.15) is 0 Å². The highest BCUT2D eigenvalue weighted by Gasteiger charge is 2.54. The molecule has 0 radical (unpaired) electrons. The number of hydrogen-bond acceptors (Lipinski definition) is 2. The second-order valence-electron chi connectivity index (χ2n) is 9.94. The van der Waals surface area contributed by atoms with Crippen molar-refractivity contribution >= 4 is 17.5 Å². The first kappa shape index (κ1) is 18.2. The van der Waals surface area contributed by atoms with E-state index < -0.39 is 0 Å². The highest BCUT2D eigenvalue weighted by molar-refractivity contribution is 5.95. The summed E-state index contributed by atoms with van der Waals surface area (Å²) in [4.78, 5) is 27.3. The average molecular weight is 381 g/mol. The SMILES string of the molecule is O=C(CCc1ccc(NC(=O)C23CC4CC(CC(C4)C2)C3)cc1)N1CCCC1. The Labute approximate surface area is 168 Å². The molecule has 6 rings (SSSR count). The van der Waals surface area contributed by atoms with Gasteiger partial charge in [0, 0.05) is 25.2 Å². The van der Waals surface area contributed by atoms with Crippen LogP contribution in [0, 0.1) is 23.2 Å². The number of likely N-dealkylation sites (tertiary alicyclic amines) is 1. The maximum Gasteiger partial charge on any atom is 0.230 e. The minimum Gasteiger partial charge on any atom is -0.343 e. The molecule has 1 heterocycles. The minimum atomic E-state index is -0.102. The molecule has 0 spiro atoms. The van der Waals surface area contributed by atoms with Crippen molar-refractivity contribution in [2.45, 2.75) is 64.2 Å². The highest BCUT2D eigenvalue weighted by Crippen LogP contribution is 2.60. The molecule has 5 aliphatic rings. The maximum atomic E-state index is 13.2. The van der Waals surface area contributed by atoms with E-state index in [2.05, 4.69) is 17.4 Å². The molecule has 4 bridgehead atoms. The minimum absolute atomic E-state index is 0.102. The molecule has 1 aliphatic heterocycles. The Hall–Kier alpha value is -1.84. The topological polar surface area (TPSA) is 49.4 Å². The number of nitrogens with one attached hydrogen (secondary N) is 1. The lowest BCUT2D eigenvalue weighted by molar-refractivity contribution is -0.140. The van der Waals surface area contributed by atoms with Crippen molar-refractivity contribution < 1.29 is 9.59 Å². The van der Waals surface area contributed by atoms with Crippen LogP contribution in [0.1, 0.15) is 63.4 Å². The summed E-state index contributed by atoms with van der Waals surface area (Å²) < 4.78 is 0. The number of amides is 2. The standard InChI is InChI=1S/C24H32N2O2/c27-22(26-9-1-2-10-26)8-5-17-3-6-21(7-4-17)25-23(28)24-14-18-11-19(15-24)13-20(12-18)16-24/h3-4,6-7,18-20H,1-2,5,8-16H2,(H,25,28). The van der Waals surface area contributed by atoms with E-state index in [-0.39, 0.29) is 17.2 Å². The third kappa shape index (κ3) is 3.46. The molecule has 1 aromatic rings. The molecule has 4 aliphatic carbocycles. The van der Waals surface area contributed by atoms with E-state index in [9.17, 15) is 9.59 Å². The summed E-state index contributed by atoms with van der Waals surface area (Å²) in [5.41, 5.74) is 1.96. The molecule has 150 valence electrons. The van der Waals surface area contributed by atoms with Gasteiger partial charge in [-0.15, -0.1) is 0 Å². The molecule has 1 aromatic carbocycles. The zero-order valence-corrected chi connectivity index (χ0v) is 16.8. The van der Waals surface area contributed by atoms with Crippen LogP contribution in [-0.4, -0.2) is 29.8 Å². The molecule has 1 saturated heterocycles. The molecular formula is C24H32N2O2. The molecule has 5 fully saturated rings. The van der Waals surface area contributed by atoms with Crippen LogP contribution in [0.25, 0.3) is 0 Å². The summed E-state index contributed by atoms with van der Waals surface area (Å²) in [5, 5.41) is 3.22. The lowest BCUT2D eigenvalue weighted by Gasteiger charge is -2.55. The molecule has 28 heavy (non-hydrogen) atoms. The van der Waals surface area contributed by atoms with E-state index in [1.165, 1.54) is 24.8 Å². The molecule has 4 nitrogen and oxygen atoms in total. The van der Waals surface area contributed by atoms with E-state index in [4.69, 9.17) is 0 Å². The van der Waals surface area contributed by atoms with Gasteiger partial charge in [0.2, 0.25) is 11.8 Å². The number of nitrogens with zero attached hydrogens (tertiary/aromatic N) is 1. The van der Waals surface area contributed by atoms with Gasteiger partial charge in [-0.1, -0.05) is 12.1 Å². The van der Waals surface area contributed by atoms with Crippen molar-refractivity contribution in [3.63, 3.8) is 0 Å². The Kier molecular flexibility index (Phi) is 4.68. The first-order valence-corrected chi connectivity index (χ1v) is 11.3. The predicted molar refractivity (Wildman–Crippen MR) is 110 cm³/mol. The second kappa shape index (κ2) is 7.20. The van der Waals surface area contributed by atoms with E-state index in [0.717, 1.165) is 75.1 Å². The third-order valence-corrected chi connectivity index (χ3v) is 7.82. The van der Waals surface area contributed by atoms with Crippen LogP contribution in [0.5, 0.6) is 0 Å². The lowest BCUT2D eigenvalue weighted by atomic mass is 9.49. The van der Waals surface area contributed by atoms with Crippen LogP contribution in [0.3, 0.4) is 0 Å². The third-order valence-electron chi connectivity index (χ3n) is 7.82. The summed E-state index contributed by atoms with van der Waals surface area (Å²) in [6, 6.07) is 8.14. The number of rotatable bonds is 5. The molecule has 4 saturated carbocycles. The van der Waals surface area contributed by atoms with Gasteiger partial charge in [0.25, 0.3) is 0 Å². The number of benzene rings is 1. The normalized spacial score (nSPS) is 33.3. The molecule has 0 atom stereocenters. The van der Waals surface area contributed by atoms with Crippen molar-refractivity contribution in [3.05, 3.63) is 29.8 Å². The quantitative estimate of drug-likeness (QED) is 0.823. The zero-order valence-electron chi connectivity index (χ0n) is 16.8. The second-order valence-corrected chi connectivity index (χ2v) is 9.94. The Balaban J connectivity index is 1.17. The Morgan fingerprint density at radius 1 is 0.929 bits per heavy atom. The number of aryl methyl sites for hydroxylation is 1. The van der Waals surface area contributed by atoms with E-state index in [0.29, 0.717) is 6.42 Å². The summed E-state index contributed by atoms with van der Waals surface area (Å²) >= 11 is 0. The van der Waals surface area contributed by atoms with Gasteiger partial charge in [-0.2, -0.15) is 0 Å². The number of carbonyl (C=O) groups is 2. The molecule has 2 amide bonds. The fraction of sp³-hybridized carbons (Fsp3) is 0.667. The van der Waals surface area contributed by atoms with Gasteiger partial charge in [0.15, 0.2) is 0 Å². The molecule has 0 unspecified atom stereocenters. The van der Waals surface area contributed by atoms with Gasteiger partial charge in [-0.05, 0) is 93.2 Å². The van der Waals surface area contributed by atoms with Crippen molar-refractivity contribution in [1.29, 1.82) is 0 Å². The molecule has 0 aromatic heterocycles. The molecule has 4 heteroatoms. The van der Waals surface area contributed by atoms with Crippen LogP contribution in [0.2, 0.25) is 0 Å². The van der Waals surface area contributed by atoms with E-state index in [1.807, 2.05) is 17.0 Å². The van der Waals surface area contributed by atoms with Gasteiger partial charge in [0.05, 0.1) is 5.41 Å².